The number of rotatable bonds is 1. The normalized spacial score (nSPS) is 8.55. The molecule has 0 aromatic heterocycles. The Kier molecular flexibility index (Phi) is 3.87. The minimum Gasteiger partial charge on any atom is -0.376 e. The van der Waals surface area contributed by atoms with Gasteiger partial charge in [0.2, 0.25) is 5.91 Å². The van der Waals surface area contributed by atoms with E-state index in [1.54, 1.807) is 12.2 Å². The number of nitrogens with one attached hydrogen (secondary N) is 1. The second-order valence-electron chi connectivity index (χ2n) is 1.80. The van der Waals surface area contributed by atoms with E-state index < -0.39 is 18.0 Å². The molecule has 0 bridgehead atoms. The third kappa shape index (κ3) is 5.07. The molecule has 5 nitrogen and oxygen atoms in total. The van der Waals surface area contributed by atoms with Gasteiger partial charge in [-0.1, -0.05) is 6.92 Å². The molecule has 0 rings (SSSR count). The molecule has 1 N–H and O–H groups in total. The number of esters is 1. The van der Waals surface area contributed by atoms with Crippen molar-refractivity contribution in [2.24, 2.45) is 0 Å². The highest BCUT2D eigenvalue weighted by atomic mass is 16.6. The quantitative estimate of drug-likeness (QED) is 0.438. The molecule has 0 unspecified atom stereocenters. The van der Waals surface area contributed by atoms with Gasteiger partial charge >= 0.3 is 12.1 Å². The lowest BCUT2D eigenvalue weighted by Crippen LogP contribution is -2.30. The number of carbonyl (C=O) groups excluding carboxylic acids is 3. The molecule has 0 spiro atoms. The van der Waals surface area contributed by atoms with Crippen molar-refractivity contribution in [2.75, 3.05) is 0 Å². The molecular weight excluding hydrogens is 150 g/mol. The lowest BCUT2D eigenvalue weighted by Gasteiger charge is -1.99. The Morgan fingerprint density at radius 2 is 1.91 bits per heavy atom. The number of ether oxygens (including phenoxy) is 1. The molecule has 0 aromatic carbocycles. The van der Waals surface area contributed by atoms with E-state index >= 15 is 0 Å². The lowest BCUT2D eigenvalue weighted by atomic mass is 10.5. The zero-order chi connectivity index (χ0) is 8.85. The molecule has 62 valence electrons. The third-order valence-electron chi connectivity index (χ3n) is 0.773. The van der Waals surface area contributed by atoms with E-state index in [0.29, 0.717) is 0 Å². The van der Waals surface area contributed by atoms with Crippen LogP contribution in [0.3, 0.4) is 0 Å². The summed E-state index contributed by atoms with van der Waals surface area (Å²) in [5.74, 6) is -1.22. The topological polar surface area (TPSA) is 72.5 Å². The molecule has 11 heavy (non-hydrogen) atoms. The van der Waals surface area contributed by atoms with Crippen LogP contribution in [-0.2, 0) is 14.3 Å². The maximum Gasteiger partial charge on any atom is 0.421 e. The van der Waals surface area contributed by atoms with Crippen LogP contribution in [0, 0.1) is 0 Å². The molecule has 0 saturated carbocycles. The Morgan fingerprint density at radius 1 is 1.36 bits per heavy atom. The highest BCUT2D eigenvalue weighted by Gasteiger charge is 2.08. The van der Waals surface area contributed by atoms with E-state index in [4.69, 9.17) is 0 Å². The van der Waals surface area contributed by atoms with Gasteiger partial charge in [-0.3, -0.25) is 14.9 Å². The van der Waals surface area contributed by atoms with Crippen LogP contribution in [0.4, 0.5) is 4.79 Å². The van der Waals surface area contributed by atoms with Crippen LogP contribution < -0.4 is 5.32 Å². The number of carbonyl (C=O) groups is 3. The fourth-order valence-electron chi connectivity index (χ4n) is 0.345. The standard InChI is InChI=1S/C6H9NO4/c1-3-5(9)11-6(10)7-4(2)8/h3H2,1-2H3,(H,7,8,10). The van der Waals surface area contributed by atoms with Gasteiger partial charge in [0.1, 0.15) is 0 Å². The van der Waals surface area contributed by atoms with E-state index in [0.717, 1.165) is 6.92 Å². The SMILES string of the molecule is CCC(=O)OC(=O)NC(C)=O. The van der Waals surface area contributed by atoms with Gasteiger partial charge in [-0.2, -0.15) is 0 Å². The molecule has 2 amide bonds. The highest BCUT2D eigenvalue weighted by Crippen LogP contribution is 1.84. The fraction of sp³-hybridized carbons (Fsp3) is 0.500. The minimum absolute atomic E-state index is 0.103. The fourth-order valence-corrected chi connectivity index (χ4v) is 0.345. The van der Waals surface area contributed by atoms with Crippen molar-refractivity contribution in [1.82, 2.24) is 5.32 Å². The van der Waals surface area contributed by atoms with Gasteiger partial charge in [-0.15, -0.1) is 0 Å². The molecule has 0 aromatic rings. The Hall–Kier alpha value is -1.39. The zero-order valence-electron chi connectivity index (χ0n) is 6.34. The summed E-state index contributed by atoms with van der Waals surface area (Å²) in [4.78, 5) is 31.1. The molecule has 0 atom stereocenters. The summed E-state index contributed by atoms with van der Waals surface area (Å²) in [5, 5.41) is 1.79. The number of hydrogen-bond acceptors (Lipinski definition) is 4. The van der Waals surface area contributed by atoms with Crippen LogP contribution in [0.5, 0.6) is 0 Å². The first-order valence-electron chi connectivity index (χ1n) is 3.08. The van der Waals surface area contributed by atoms with E-state index in [1.165, 1.54) is 0 Å². The Balaban J connectivity index is 3.70. The smallest absolute Gasteiger partial charge is 0.376 e. The number of imide groups is 1. The van der Waals surface area contributed by atoms with Gasteiger partial charge < -0.3 is 4.74 Å². The van der Waals surface area contributed by atoms with E-state index in [1.807, 2.05) is 0 Å². The highest BCUT2D eigenvalue weighted by molar-refractivity contribution is 5.94. The van der Waals surface area contributed by atoms with E-state index in [9.17, 15) is 14.4 Å². The Bertz CT molecular complexity index is 187. The molecule has 0 aliphatic heterocycles. The monoisotopic (exact) mass is 159 g/mol. The molecule has 0 fully saturated rings. The average molecular weight is 159 g/mol. The zero-order valence-corrected chi connectivity index (χ0v) is 6.34. The van der Waals surface area contributed by atoms with Crippen molar-refractivity contribution in [3.8, 4) is 0 Å². The molecule has 0 aliphatic rings. The van der Waals surface area contributed by atoms with Crippen molar-refractivity contribution in [1.29, 1.82) is 0 Å². The van der Waals surface area contributed by atoms with Gasteiger partial charge in [-0.05, 0) is 0 Å². The number of amides is 2. The summed E-state index contributed by atoms with van der Waals surface area (Å²) in [6.07, 6.45) is -0.921. The second kappa shape index (κ2) is 4.43. The summed E-state index contributed by atoms with van der Waals surface area (Å²) >= 11 is 0. The van der Waals surface area contributed by atoms with Crippen LogP contribution in [0.1, 0.15) is 20.3 Å². The molecular formula is C6H9NO4. The van der Waals surface area contributed by atoms with Crippen LogP contribution in [0.2, 0.25) is 0 Å². The first-order valence-corrected chi connectivity index (χ1v) is 3.08. The van der Waals surface area contributed by atoms with E-state index in [2.05, 4.69) is 4.74 Å². The minimum atomic E-state index is -1.02. The summed E-state index contributed by atoms with van der Waals surface area (Å²) in [5.41, 5.74) is 0. The predicted octanol–water partition coefficient (Wildman–Crippen LogP) is 0.196. The van der Waals surface area contributed by atoms with Gasteiger partial charge in [0.05, 0.1) is 0 Å². The number of hydrogen-bond donors (Lipinski definition) is 1. The van der Waals surface area contributed by atoms with Gasteiger partial charge in [0.15, 0.2) is 0 Å². The predicted molar refractivity (Wildman–Crippen MR) is 35.6 cm³/mol. The van der Waals surface area contributed by atoms with Crippen molar-refractivity contribution in [2.45, 2.75) is 20.3 Å². The summed E-state index contributed by atoms with van der Waals surface area (Å²) < 4.78 is 4.10. The first-order chi connectivity index (χ1) is 5.06. The number of alkyl carbamates (subject to hydrolysis) is 1. The molecule has 0 aliphatic carbocycles. The van der Waals surface area contributed by atoms with Crippen LogP contribution in [-0.4, -0.2) is 18.0 Å². The molecule has 0 heterocycles. The third-order valence-corrected chi connectivity index (χ3v) is 0.773. The van der Waals surface area contributed by atoms with Crippen LogP contribution in [0.15, 0.2) is 0 Å². The molecule has 0 saturated heterocycles. The summed E-state index contributed by atoms with van der Waals surface area (Å²) in [6, 6.07) is 0. The van der Waals surface area contributed by atoms with E-state index in [-0.39, 0.29) is 6.42 Å². The van der Waals surface area contributed by atoms with Gasteiger partial charge in [0.25, 0.3) is 0 Å². The Labute approximate surface area is 63.7 Å². The maximum atomic E-state index is 10.4. The van der Waals surface area contributed by atoms with Crippen molar-refractivity contribution >= 4 is 18.0 Å². The van der Waals surface area contributed by atoms with Crippen molar-refractivity contribution < 1.29 is 19.1 Å². The van der Waals surface area contributed by atoms with Gasteiger partial charge in [0, 0.05) is 13.3 Å². The van der Waals surface area contributed by atoms with Crippen LogP contribution >= 0.6 is 0 Å². The molecule has 5 heteroatoms. The summed E-state index contributed by atoms with van der Waals surface area (Å²) in [7, 11) is 0. The second-order valence-corrected chi connectivity index (χ2v) is 1.80. The Morgan fingerprint density at radius 3 is 2.27 bits per heavy atom. The first kappa shape index (κ1) is 9.61. The van der Waals surface area contributed by atoms with Crippen molar-refractivity contribution in [3.05, 3.63) is 0 Å². The lowest BCUT2D eigenvalue weighted by molar-refractivity contribution is -0.137. The maximum absolute atomic E-state index is 10.4. The van der Waals surface area contributed by atoms with Crippen molar-refractivity contribution in [3.63, 3.8) is 0 Å². The summed E-state index contributed by atoms with van der Waals surface area (Å²) in [6.45, 7) is 2.70. The molecule has 0 radical (unpaired) electrons. The largest absolute Gasteiger partial charge is 0.421 e. The average Bonchev–Trinajstić information content (AvgIpc) is 1.85. The van der Waals surface area contributed by atoms with Gasteiger partial charge in [-0.25, -0.2) is 4.79 Å². The van der Waals surface area contributed by atoms with Crippen LogP contribution in [0.25, 0.3) is 0 Å².